The van der Waals surface area contributed by atoms with E-state index in [2.05, 4.69) is 11.0 Å². The van der Waals surface area contributed by atoms with E-state index in [-0.39, 0.29) is 0 Å². The minimum absolute atomic E-state index is 0.692. The average molecular weight is 199 g/mol. The number of rotatable bonds is 4. The highest BCUT2D eigenvalue weighted by atomic mass is 35.5. The van der Waals surface area contributed by atoms with Gasteiger partial charge in [-0.25, -0.2) is 0 Å². The fourth-order valence-electron chi connectivity index (χ4n) is 1.25. The van der Waals surface area contributed by atoms with Gasteiger partial charge in [-0.1, -0.05) is 23.7 Å². The number of halogens is 1. The Balaban J connectivity index is 2.53. The third-order valence-corrected chi connectivity index (χ3v) is 2.09. The first-order chi connectivity index (χ1) is 6.22. The van der Waals surface area contributed by atoms with Crippen LogP contribution in [0.25, 0.3) is 0 Å². The van der Waals surface area contributed by atoms with E-state index in [1.165, 1.54) is 5.56 Å². The van der Waals surface area contributed by atoms with Gasteiger partial charge < -0.3 is 10.6 Å². The molecule has 0 atom stereocenters. The summed E-state index contributed by atoms with van der Waals surface area (Å²) in [6.45, 7) is 2.50. The summed E-state index contributed by atoms with van der Waals surface area (Å²) in [5.41, 5.74) is 6.67. The first-order valence-electron chi connectivity index (χ1n) is 4.35. The number of benzene rings is 1. The van der Waals surface area contributed by atoms with Gasteiger partial charge in [-0.3, -0.25) is 0 Å². The molecule has 0 spiro atoms. The van der Waals surface area contributed by atoms with Crippen molar-refractivity contribution in [1.29, 1.82) is 0 Å². The van der Waals surface area contributed by atoms with Gasteiger partial charge in [0.1, 0.15) is 0 Å². The Kier molecular flexibility index (Phi) is 4.22. The second-order valence-corrected chi connectivity index (χ2v) is 3.59. The fourth-order valence-corrected chi connectivity index (χ4v) is 1.46. The zero-order chi connectivity index (χ0) is 9.68. The highest BCUT2D eigenvalue weighted by Crippen LogP contribution is 2.11. The summed E-state index contributed by atoms with van der Waals surface area (Å²) in [5, 5.41) is 0.790. The van der Waals surface area contributed by atoms with E-state index in [1.807, 2.05) is 25.2 Å². The Morgan fingerprint density at radius 3 is 2.85 bits per heavy atom. The Morgan fingerprint density at radius 2 is 2.23 bits per heavy atom. The van der Waals surface area contributed by atoms with Crippen molar-refractivity contribution in [1.82, 2.24) is 4.90 Å². The largest absolute Gasteiger partial charge is 0.329 e. The van der Waals surface area contributed by atoms with E-state index in [9.17, 15) is 0 Å². The van der Waals surface area contributed by atoms with Crippen LogP contribution in [0.3, 0.4) is 0 Å². The number of nitrogens with zero attached hydrogens (tertiary/aromatic N) is 1. The summed E-state index contributed by atoms with van der Waals surface area (Å²) in [6, 6.07) is 7.90. The summed E-state index contributed by atoms with van der Waals surface area (Å²) in [4.78, 5) is 2.17. The van der Waals surface area contributed by atoms with Crippen LogP contribution < -0.4 is 5.73 Å². The third kappa shape index (κ3) is 3.77. The van der Waals surface area contributed by atoms with Gasteiger partial charge in [-0.15, -0.1) is 0 Å². The Hall–Kier alpha value is -0.570. The molecular weight excluding hydrogens is 184 g/mol. The molecule has 0 unspecified atom stereocenters. The van der Waals surface area contributed by atoms with Crippen LogP contribution in [0.1, 0.15) is 5.56 Å². The van der Waals surface area contributed by atoms with Crippen LogP contribution in [-0.4, -0.2) is 25.0 Å². The molecule has 0 radical (unpaired) electrons. The van der Waals surface area contributed by atoms with Crippen LogP contribution >= 0.6 is 11.6 Å². The normalized spacial score (nSPS) is 10.8. The summed E-state index contributed by atoms with van der Waals surface area (Å²) in [5.74, 6) is 0. The molecule has 0 heterocycles. The SMILES string of the molecule is CN(CCN)Cc1cccc(Cl)c1. The quantitative estimate of drug-likeness (QED) is 0.799. The van der Waals surface area contributed by atoms with E-state index in [0.717, 1.165) is 18.1 Å². The molecule has 0 aliphatic heterocycles. The molecule has 0 fully saturated rings. The lowest BCUT2D eigenvalue weighted by Crippen LogP contribution is -2.24. The second-order valence-electron chi connectivity index (χ2n) is 3.16. The molecule has 72 valence electrons. The first-order valence-corrected chi connectivity index (χ1v) is 4.73. The molecule has 0 aromatic heterocycles. The van der Waals surface area contributed by atoms with Crippen molar-refractivity contribution in [2.75, 3.05) is 20.1 Å². The van der Waals surface area contributed by atoms with Crippen molar-refractivity contribution in [3.05, 3.63) is 34.9 Å². The molecule has 0 aliphatic carbocycles. The van der Waals surface area contributed by atoms with Crippen molar-refractivity contribution in [2.45, 2.75) is 6.54 Å². The minimum atomic E-state index is 0.692. The number of hydrogen-bond acceptors (Lipinski definition) is 2. The zero-order valence-electron chi connectivity index (χ0n) is 7.83. The smallest absolute Gasteiger partial charge is 0.0409 e. The minimum Gasteiger partial charge on any atom is -0.329 e. The highest BCUT2D eigenvalue weighted by molar-refractivity contribution is 6.30. The van der Waals surface area contributed by atoms with Gasteiger partial charge in [0.15, 0.2) is 0 Å². The Morgan fingerprint density at radius 1 is 1.46 bits per heavy atom. The van der Waals surface area contributed by atoms with E-state index < -0.39 is 0 Å². The topological polar surface area (TPSA) is 29.3 Å². The van der Waals surface area contributed by atoms with Crippen molar-refractivity contribution < 1.29 is 0 Å². The summed E-state index contributed by atoms with van der Waals surface area (Å²) in [6.07, 6.45) is 0. The molecule has 0 saturated heterocycles. The van der Waals surface area contributed by atoms with Crippen LogP contribution in [0.4, 0.5) is 0 Å². The lowest BCUT2D eigenvalue weighted by atomic mass is 10.2. The van der Waals surface area contributed by atoms with Gasteiger partial charge in [0.25, 0.3) is 0 Å². The van der Waals surface area contributed by atoms with Gasteiger partial charge in [-0.05, 0) is 24.7 Å². The van der Waals surface area contributed by atoms with E-state index in [4.69, 9.17) is 17.3 Å². The molecule has 3 heteroatoms. The Labute approximate surface area is 84.3 Å². The zero-order valence-corrected chi connectivity index (χ0v) is 8.59. The maximum atomic E-state index is 5.86. The van der Waals surface area contributed by atoms with E-state index >= 15 is 0 Å². The first kappa shape index (κ1) is 10.5. The second kappa shape index (κ2) is 5.22. The molecular formula is C10H15ClN2. The standard InChI is InChI=1S/C10H15ClN2/c1-13(6-5-12)8-9-3-2-4-10(11)7-9/h2-4,7H,5-6,8,12H2,1H3. The summed E-state index contributed by atoms with van der Waals surface area (Å²) < 4.78 is 0. The molecule has 0 amide bonds. The van der Waals surface area contributed by atoms with Crippen molar-refractivity contribution in [3.63, 3.8) is 0 Å². The van der Waals surface area contributed by atoms with Crippen molar-refractivity contribution in [2.24, 2.45) is 5.73 Å². The van der Waals surface area contributed by atoms with Crippen molar-refractivity contribution >= 4 is 11.6 Å². The monoisotopic (exact) mass is 198 g/mol. The molecule has 2 nitrogen and oxygen atoms in total. The molecule has 13 heavy (non-hydrogen) atoms. The van der Waals surface area contributed by atoms with E-state index in [0.29, 0.717) is 6.54 Å². The molecule has 1 aromatic carbocycles. The average Bonchev–Trinajstić information content (AvgIpc) is 2.04. The van der Waals surface area contributed by atoms with Gasteiger partial charge in [0.2, 0.25) is 0 Å². The predicted molar refractivity (Wildman–Crippen MR) is 56.8 cm³/mol. The molecule has 0 bridgehead atoms. The molecule has 1 aromatic rings. The van der Waals surface area contributed by atoms with Crippen LogP contribution in [0, 0.1) is 0 Å². The van der Waals surface area contributed by atoms with Crippen molar-refractivity contribution in [3.8, 4) is 0 Å². The number of likely N-dealkylation sites (N-methyl/N-ethyl adjacent to an activating group) is 1. The Bertz CT molecular complexity index is 263. The fraction of sp³-hybridized carbons (Fsp3) is 0.400. The van der Waals surface area contributed by atoms with E-state index in [1.54, 1.807) is 0 Å². The third-order valence-electron chi connectivity index (χ3n) is 1.85. The molecule has 1 rings (SSSR count). The van der Waals surface area contributed by atoms with Gasteiger partial charge >= 0.3 is 0 Å². The molecule has 2 N–H and O–H groups in total. The summed E-state index contributed by atoms with van der Waals surface area (Å²) in [7, 11) is 2.05. The molecule has 0 saturated carbocycles. The van der Waals surface area contributed by atoms with Gasteiger partial charge in [-0.2, -0.15) is 0 Å². The van der Waals surface area contributed by atoms with Gasteiger partial charge in [0, 0.05) is 24.7 Å². The lowest BCUT2D eigenvalue weighted by molar-refractivity contribution is 0.336. The van der Waals surface area contributed by atoms with Crippen LogP contribution in [0.5, 0.6) is 0 Å². The highest BCUT2D eigenvalue weighted by Gasteiger charge is 1.98. The number of nitrogens with two attached hydrogens (primary N) is 1. The predicted octanol–water partition coefficient (Wildman–Crippen LogP) is 1.73. The maximum Gasteiger partial charge on any atom is 0.0409 e. The maximum absolute atomic E-state index is 5.86. The van der Waals surface area contributed by atoms with Crippen LogP contribution in [-0.2, 0) is 6.54 Å². The molecule has 0 aliphatic rings. The summed E-state index contributed by atoms with van der Waals surface area (Å²) >= 11 is 5.86. The van der Waals surface area contributed by atoms with Crippen LogP contribution in [0.2, 0.25) is 5.02 Å². The number of hydrogen-bond donors (Lipinski definition) is 1. The lowest BCUT2D eigenvalue weighted by Gasteiger charge is -2.15. The van der Waals surface area contributed by atoms with Crippen LogP contribution in [0.15, 0.2) is 24.3 Å². The van der Waals surface area contributed by atoms with Gasteiger partial charge in [0.05, 0.1) is 0 Å².